The first-order chi connectivity index (χ1) is 12.5. The molecule has 3 rings (SSSR count). The van der Waals surface area contributed by atoms with Crippen LogP contribution in [0.4, 0.5) is 5.69 Å². The van der Waals surface area contributed by atoms with E-state index in [0.717, 1.165) is 11.3 Å². The van der Waals surface area contributed by atoms with Crippen molar-refractivity contribution >= 4 is 11.6 Å². The number of hydrogen-bond donors (Lipinski definition) is 0. The van der Waals surface area contributed by atoms with Crippen molar-refractivity contribution in [1.29, 1.82) is 0 Å². The zero-order valence-electron chi connectivity index (χ0n) is 15.6. The van der Waals surface area contributed by atoms with Crippen molar-refractivity contribution in [1.82, 2.24) is 0 Å². The molecule has 1 fully saturated rings. The molecule has 0 bridgehead atoms. The van der Waals surface area contributed by atoms with Crippen LogP contribution in [0.2, 0.25) is 0 Å². The minimum atomic E-state index is -0.109. The number of benzene rings is 2. The van der Waals surface area contributed by atoms with Gasteiger partial charge >= 0.3 is 0 Å². The number of β-lactam (4-membered cyclic amide) rings is 1. The molecule has 1 amide bonds. The second-order valence-corrected chi connectivity index (χ2v) is 6.10. The lowest BCUT2D eigenvalue weighted by molar-refractivity contribution is -0.129. The molecule has 1 aliphatic heterocycles. The first-order valence-corrected chi connectivity index (χ1v) is 8.32. The lowest BCUT2D eigenvalue weighted by atomic mass is 9.83. The van der Waals surface area contributed by atoms with E-state index in [0.29, 0.717) is 22.9 Å². The largest absolute Gasteiger partial charge is 0.497 e. The van der Waals surface area contributed by atoms with Crippen LogP contribution in [0.5, 0.6) is 23.0 Å². The molecule has 0 spiro atoms. The van der Waals surface area contributed by atoms with Crippen LogP contribution in [0.3, 0.4) is 0 Å². The predicted molar refractivity (Wildman–Crippen MR) is 98.5 cm³/mol. The standard InChI is InChI=1S/C20H23NO5/c1-12-18(13-6-8-15(23-2)9-7-13)21(20(12)22)14-10-16(24-3)19(26-5)17(11-14)25-4/h6-12,18H,1-5H3/t12-,18-/m1/s1. The summed E-state index contributed by atoms with van der Waals surface area (Å²) in [5.74, 6) is 2.26. The smallest absolute Gasteiger partial charge is 0.232 e. The Morgan fingerprint density at radius 2 is 1.42 bits per heavy atom. The minimum Gasteiger partial charge on any atom is -0.497 e. The van der Waals surface area contributed by atoms with Gasteiger partial charge in [-0.3, -0.25) is 4.79 Å². The summed E-state index contributed by atoms with van der Waals surface area (Å²) in [6, 6.07) is 11.3. The maximum Gasteiger partial charge on any atom is 0.232 e. The molecule has 0 saturated carbocycles. The average Bonchev–Trinajstić information content (AvgIpc) is 2.70. The minimum absolute atomic E-state index is 0.0556. The van der Waals surface area contributed by atoms with Gasteiger partial charge in [0.05, 0.1) is 46.1 Å². The normalized spacial score (nSPS) is 19.0. The zero-order valence-corrected chi connectivity index (χ0v) is 15.6. The summed E-state index contributed by atoms with van der Waals surface area (Å²) in [5, 5.41) is 0. The summed E-state index contributed by atoms with van der Waals surface area (Å²) in [6.45, 7) is 1.94. The van der Waals surface area contributed by atoms with Gasteiger partial charge in [0.25, 0.3) is 0 Å². The van der Waals surface area contributed by atoms with E-state index in [1.165, 1.54) is 0 Å². The second-order valence-electron chi connectivity index (χ2n) is 6.10. The molecule has 6 heteroatoms. The van der Waals surface area contributed by atoms with Crippen LogP contribution in [-0.4, -0.2) is 34.3 Å². The number of carbonyl (C=O) groups excluding carboxylic acids is 1. The number of rotatable bonds is 6. The zero-order chi connectivity index (χ0) is 18.8. The van der Waals surface area contributed by atoms with Crippen molar-refractivity contribution in [2.24, 2.45) is 5.92 Å². The number of nitrogens with zero attached hydrogens (tertiary/aromatic N) is 1. The van der Waals surface area contributed by atoms with E-state index in [9.17, 15) is 4.79 Å². The van der Waals surface area contributed by atoms with Gasteiger partial charge in [0, 0.05) is 12.1 Å². The van der Waals surface area contributed by atoms with E-state index >= 15 is 0 Å². The Morgan fingerprint density at radius 1 is 0.846 bits per heavy atom. The first kappa shape index (κ1) is 17.9. The van der Waals surface area contributed by atoms with E-state index in [2.05, 4.69) is 0 Å². The van der Waals surface area contributed by atoms with Gasteiger partial charge in [-0.15, -0.1) is 0 Å². The third-order valence-electron chi connectivity index (χ3n) is 4.76. The molecule has 0 N–H and O–H groups in total. The fourth-order valence-corrected chi connectivity index (χ4v) is 3.37. The lowest BCUT2D eigenvalue weighted by Crippen LogP contribution is -2.54. The molecule has 6 nitrogen and oxygen atoms in total. The Balaban J connectivity index is 2.02. The highest BCUT2D eigenvalue weighted by Gasteiger charge is 2.46. The van der Waals surface area contributed by atoms with Gasteiger partial charge in [-0.1, -0.05) is 19.1 Å². The van der Waals surface area contributed by atoms with Crippen molar-refractivity contribution in [2.45, 2.75) is 13.0 Å². The van der Waals surface area contributed by atoms with E-state index < -0.39 is 0 Å². The number of amides is 1. The van der Waals surface area contributed by atoms with Gasteiger partial charge in [-0.25, -0.2) is 0 Å². The van der Waals surface area contributed by atoms with Crippen LogP contribution in [0.1, 0.15) is 18.5 Å². The molecule has 0 radical (unpaired) electrons. The topological polar surface area (TPSA) is 57.2 Å². The highest BCUT2D eigenvalue weighted by atomic mass is 16.5. The summed E-state index contributed by atoms with van der Waals surface area (Å²) >= 11 is 0. The van der Waals surface area contributed by atoms with Crippen molar-refractivity contribution in [3.8, 4) is 23.0 Å². The van der Waals surface area contributed by atoms with Gasteiger partial charge in [0.2, 0.25) is 11.7 Å². The van der Waals surface area contributed by atoms with Gasteiger partial charge in [0.15, 0.2) is 11.5 Å². The quantitative estimate of drug-likeness (QED) is 0.741. The molecule has 138 valence electrons. The van der Waals surface area contributed by atoms with Crippen LogP contribution in [0.25, 0.3) is 0 Å². The van der Waals surface area contributed by atoms with Gasteiger partial charge in [0.1, 0.15) is 5.75 Å². The summed E-state index contributed by atoms with van der Waals surface area (Å²) in [6.07, 6.45) is 0. The Labute approximate surface area is 153 Å². The molecule has 1 aliphatic rings. The Morgan fingerprint density at radius 3 is 1.88 bits per heavy atom. The highest BCUT2D eigenvalue weighted by Crippen LogP contribution is 2.48. The third-order valence-corrected chi connectivity index (χ3v) is 4.76. The van der Waals surface area contributed by atoms with Crippen molar-refractivity contribution in [3.05, 3.63) is 42.0 Å². The number of hydrogen-bond acceptors (Lipinski definition) is 5. The molecular formula is C20H23NO5. The number of methoxy groups -OCH3 is 4. The third kappa shape index (κ3) is 2.81. The molecule has 1 heterocycles. The van der Waals surface area contributed by atoms with Crippen LogP contribution >= 0.6 is 0 Å². The lowest BCUT2D eigenvalue weighted by Gasteiger charge is -2.46. The van der Waals surface area contributed by atoms with Gasteiger partial charge < -0.3 is 23.8 Å². The first-order valence-electron chi connectivity index (χ1n) is 8.32. The van der Waals surface area contributed by atoms with Crippen LogP contribution in [0.15, 0.2) is 36.4 Å². The van der Waals surface area contributed by atoms with Crippen LogP contribution in [0, 0.1) is 5.92 Å². The molecule has 26 heavy (non-hydrogen) atoms. The summed E-state index contributed by atoms with van der Waals surface area (Å²) < 4.78 is 21.4. The van der Waals surface area contributed by atoms with Gasteiger partial charge in [-0.2, -0.15) is 0 Å². The van der Waals surface area contributed by atoms with Crippen LogP contribution < -0.4 is 23.8 Å². The Bertz CT molecular complexity index is 777. The maximum absolute atomic E-state index is 12.6. The van der Waals surface area contributed by atoms with E-state index in [1.807, 2.05) is 31.2 Å². The fraction of sp³-hybridized carbons (Fsp3) is 0.350. The molecule has 2 aromatic rings. The van der Waals surface area contributed by atoms with Crippen LogP contribution in [-0.2, 0) is 4.79 Å². The van der Waals surface area contributed by atoms with Crippen molar-refractivity contribution in [2.75, 3.05) is 33.3 Å². The van der Waals surface area contributed by atoms with Crippen molar-refractivity contribution < 1.29 is 23.7 Å². The van der Waals surface area contributed by atoms with Gasteiger partial charge in [-0.05, 0) is 17.7 Å². The predicted octanol–water partition coefficient (Wildman–Crippen LogP) is 3.45. The van der Waals surface area contributed by atoms with E-state index in [1.54, 1.807) is 45.5 Å². The number of ether oxygens (including phenoxy) is 4. The Hall–Kier alpha value is -2.89. The SMILES string of the molecule is COc1ccc([C@H]2[C@@H](C)C(=O)N2c2cc(OC)c(OC)c(OC)c2)cc1. The average molecular weight is 357 g/mol. The molecule has 2 atom stereocenters. The van der Waals surface area contributed by atoms with Crippen molar-refractivity contribution in [3.63, 3.8) is 0 Å². The van der Waals surface area contributed by atoms with E-state index in [4.69, 9.17) is 18.9 Å². The number of anilines is 1. The second kappa shape index (κ2) is 7.15. The number of carbonyl (C=O) groups is 1. The molecule has 2 aromatic carbocycles. The molecule has 0 aliphatic carbocycles. The summed E-state index contributed by atoms with van der Waals surface area (Å²) in [7, 11) is 6.30. The van der Waals surface area contributed by atoms with E-state index in [-0.39, 0.29) is 17.9 Å². The molecule has 0 aromatic heterocycles. The fourth-order valence-electron chi connectivity index (χ4n) is 3.37. The maximum atomic E-state index is 12.6. The monoisotopic (exact) mass is 357 g/mol. The molecule has 1 saturated heterocycles. The highest BCUT2D eigenvalue weighted by molar-refractivity contribution is 6.03. The molecule has 0 unspecified atom stereocenters. The summed E-state index contributed by atoms with van der Waals surface area (Å²) in [4.78, 5) is 14.4. The Kier molecular flexibility index (Phi) is 4.93. The molecular weight excluding hydrogens is 334 g/mol. The summed E-state index contributed by atoms with van der Waals surface area (Å²) in [5.41, 5.74) is 1.76.